The van der Waals surface area contributed by atoms with E-state index in [1.807, 2.05) is 24.3 Å². The first-order valence-corrected chi connectivity index (χ1v) is 7.56. The Labute approximate surface area is 134 Å². The maximum atomic E-state index is 13.4. The number of hydrogen-bond acceptors (Lipinski definition) is 3. The van der Waals surface area contributed by atoms with E-state index in [2.05, 4.69) is 19.0 Å². The van der Waals surface area contributed by atoms with Crippen LogP contribution in [0.25, 0.3) is 22.6 Å². The third-order valence-corrected chi connectivity index (χ3v) is 3.88. The average molecular weight is 311 g/mol. The molecule has 3 nitrogen and oxygen atoms in total. The van der Waals surface area contributed by atoms with Gasteiger partial charge in [-0.15, -0.1) is 0 Å². The number of aromatic nitrogens is 1. The van der Waals surface area contributed by atoms with Gasteiger partial charge in [-0.2, -0.15) is 0 Å². The van der Waals surface area contributed by atoms with Crippen molar-refractivity contribution in [2.24, 2.45) is 0 Å². The molecular formula is C19H18FNO2. The molecule has 0 spiro atoms. The second kappa shape index (κ2) is 6.34. The molecule has 0 atom stereocenters. The highest BCUT2D eigenvalue weighted by atomic mass is 19.1. The van der Waals surface area contributed by atoms with Crippen molar-refractivity contribution in [3.8, 4) is 22.6 Å². The monoisotopic (exact) mass is 311 g/mol. The van der Waals surface area contributed by atoms with Crippen molar-refractivity contribution in [2.45, 2.75) is 26.4 Å². The molecule has 1 N–H and O–H groups in total. The van der Waals surface area contributed by atoms with Gasteiger partial charge in [0.2, 0.25) is 0 Å². The Balaban J connectivity index is 2.04. The van der Waals surface area contributed by atoms with Crippen LogP contribution in [-0.4, -0.2) is 10.3 Å². The molecule has 0 fully saturated rings. The van der Waals surface area contributed by atoms with Gasteiger partial charge in [0.15, 0.2) is 5.76 Å². The quantitative estimate of drug-likeness (QED) is 0.755. The minimum atomic E-state index is -0.350. The summed E-state index contributed by atoms with van der Waals surface area (Å²) in [5.41, 5.74) is 3.68. The molecule has 1 heterocycles. The van der Waals surface area contributed by atoms with Gasteiger partial charge in [-0.1, -0.05) is 55.4 Å². The van der Waals surface area contributed by atoms with Crippen molar-refractivity contribution < 1.29 is 14.0 Å². The fraction of sp³-hybridized carbons (Fsp3) is 0.211. The lowest BCUT2D eigenvalue weighted by Crippen LogP contribution is -1.91. The molecule has 4 heteroatoms. The lowest BCUT2D eigenvalue weighted by atomic mass is 9.99. The molecule has 2 aromatic carbocycles. The van der Waals surface area contributed by atoms with Gasteiger partial charge in [-0.05, 0) is 23.6 Å². The Bertz CT molecular complexity index is 806. The Morgan fingerprint density at radius 1 is 1.09 bits per heavy atom. The lowest BCUT2D eigenvalue weighted by molar-refractivity contribution is 0.281. The number of hydrogen-bond donors (Lipinski definition) is 1. The molecule has 0 amide bonds. The maximum absolute atomic E-state index is 13.4. The van der Waals surface area contributed by atoms with E-state index in [1.165, 1.54) is 17.7 Å². The number of rotatable bonds is 4. The molecule has 0 aliphatic carbocycles. The van der Waals surface area contributed by atoms with Crippen LogP contribution >= 0.6 is 0 Å². The SMILES string of the molecule is CC(C)c1ccc(-c2onc(-c3cccc(F)c3)c2CO)cc1. The fourth-order valence-corrected chi connectivity index (χ4v) is 2.56. The highest BCUT2D eigenvalue weighted by Crippen LogP contribution is 2.33. The number of benzene rings is 2. The summed E-state index contributed by atoms with van der Waals surface area (Å²) in [6.07, 6.45) is 0. The van der Waals surface area contributed by atoms with E-state index in [-0.39, 0.29) is 12.4 Å². The molecule has 23 heavy (non-hydrogen) atoms. The second-order valence-corrected chi connectivity index (χ2v) is 5.78. The number of aliphatic hydroxyl groups is 1. The lowest BCUT2D eigenvalue weighted by Gasteiger charge is -2.06. The van der Waals surface area contributed by atoms with E-state index in [9.17, 15) is 9.50 Å². The maximum Gasteiger partial charge on any atom is 0.173 e. The summed E-state index contributed by atoms with van der Waals surface area (Å²) in [5.74, 6) is 0.609. The number of aliphatic hydroxyl groups excluding tert-OH is 1. The molecule has 1 aromatic heterocycles. The van der Waals surface area contributed by atoms with Crippen LogP contribution in [0.2, 0.25) is 0 Å². The molecule has 3 rings (SSSR count). The van der Waals surface area contributed by atoms with Gasteiger partial charge in [0.25, 0.3) is 0 Å². The van der Waals surface area contributed by atoms with E-state index in [0.29, 0.717) is 28.5 Å². The van der Waals surface area contributed by atoms with Gasteiger partial charge in [0, 0.05) is 11.1 Å². The molecule has 0 saturated heterocycles. The Morgan fingerprint density at radius 3 is 2.43 bits per heavy atom. The third kappa shape index (κ3) is 3.03. The Kier molecular flexibility index (Phi) is 4.26. The van der Waals surface area contributed by atoms with Gasteiger partial charge in [-0.3, -0.25) is 0 Å². The number of halogens is 1. The first-order valence-electron chi connectivity index (χ1n) is 7.56. The average Bonchev–Trinajstić information content (AvgIpc) is 2.98. The van der Waals surface area contributed by atoms with E-state index in [0.717, 1.165) is 5.56 Å². The predicted octanol–water partition coefficient (Wildman–Crippen LogP) is 4.76. The smallest absolute Gasteiger partial charge is 0.173 e. The molecule has 0 unspecified atom stereocenters. The minimum Gasteiger partial charge on any atom is -0.391 e. The highest BCUT2D eigenvalue weighted by Gasteiger charge is 2.18. The normalized spacial score (nSPS) is 11.2. The first kappa shape index (κ1) is 15.4. The van der Waals surface area contributed by atoms with Gasteiger partial charge >= 0.3 is 0 Å². The van der Waals surface area contributed by atoms with E-state index < -0.39 is 0 Å². The Morgan fingerprint density at radius 2 is 1.83 bits per heavy atom. The van der Waals surface area contributed by atoms with Crippen LogP contribution in [0.15, 0.2) is 53.1 Å². The highest BCUT2D eigenvalue weighted by molar-refractivity contribution is 5.72. The zero-order chi connectivity index (χ0) is 16.4. The summed E-state index contributed by atoms with van der Waals surface area (Å²) in [4.78, 5) is 0. The summed E-state index contributed by atoms with van der Waals surface area (Å²) in [6, 6.07) is 14.1. The minimum absolute atomic E-state index is 0.226. The molecule has 0 radical (unpaired) electrons. The Hall–Kier alpha value is -2.46. The van der Waals surface area contributed by atoms with E-state index in [1.54, 1.807) is 12.1 Å². The zero-order valence-corrected chi connectivity index (χ0v) is 13.1. The molecule has 3 aromatic rings. The molecule has 0 saturated carbocycles. The van der Waals surface area contributed by atoms with E-state index in [4.69, 9.17) is 4.52 Å². The van der Waals surface area contributed by atoms with Crippen molar-refractivity contribution in [2.75, 3.05) is 0 Å². The summed E-state index contributed by atoms with van der Waals surface area (Å²) in [5, 5.41) is 13.8. The van der Waals surface area contributed by atoms with Crippen LogP contribution in [-0.2, 0) is 6.61 Å². The molecule has 0 aliphatic rings. The van der Waals surface area contributed by atoms with Gasteiger partial charge in [-0.25, -0.2) is 4.39 Å². The largest absolute Gasteiger partial charge is 0.391 e. The standard InChI is InChI=1S/C19H18FNO2/c1-12(2)13-6-8-14(9-7-13)19-17(11-22)18(21-23-19)15-4-3-5-16(20)10-15/h3-10,12,22H,11H2,1-2H3. The van der Waals surface area contributed by atoms with Crippen molar-refractivity contribution in [3.05, 3.63) is 65.5 Å². The first-order chi connectivity index (χ1) is 11.1. The van der Waals surface area contributed by atoms with Crippen molar-refractivity contribution in [1.82, 2.24) is 5.16 Å². The zero-order valence-electron chi connectivity index (χ0n) is 13.1. The third-order valence-electron chi connectivity index (χ3n) is 3.88. The van der Waals surface area contributed by atoms with E-state index >= 15 is 0 Å². The van der Waals surface area contributed by atoms with Crippen LogP contribution in [0.1, 0.15) is 30.9 Å². The van der Waals surface area contributed by atoms with Crippen LogP contribution < -0.4 is 0 Å². The number of nitrogens with zero attached hydrogens (tertiary/aromatic N) is 1. The molecule has 118 valence electrons. The van der Waals surface area contributed by atoms with Crippen LogP contribution in [0.4, 0.5) is 4.39 Å². The van der Waals surface area contributed by atoms with Gasteiger partial charge in [0.1, 0.15) is 11.5 Å². The van der Waals surface area contributed by atoms with Crippen LogP contribution in [0, 0.1) is 5.82 Å². The van der Waals surface area contributed by atoms with Crippen LogP contribution in [0.5, 0.6) is 0 Å². The topological polar surface area (TPSA) is 46.3 Å². The summed E-state index contributed by atoms with van der Waals surface area (Å²) >= 11 is 0. The summed E-state index contributed by atoms with van der Waals surface area (Å²) in [7, 11) is 0. The van der Waals surface area contributed by atoms with Crippen molar-refractivity contribution in [3.63, 3.8) is 0 Å². The van der Waals surface area contributed by atoms with Gasteiger partial charge < -0.3 is 9.63 Å². The van der Waals surface area contributed by atoms with Crippen molar-refractivity contribution in [1.29, 1.82) is 0 Å². The van der Waals surface area contributed by atoms with Crippen LogP contribution in [0.3, 0.4) is 0 Å². The van der Waals surface area contributed by atoms with Gasteiger partial charge in [0.05, 0.1) is 12.2 Å². The summed E-state index contributed by atoms with van der Waals surface area (Å²) in [6.45, 7) is 4.03. The second-order valence-electron chi connectivity index (χ2n) is 5.78. The fourth-order valence-electron chi connectivity index (χ4n) is 2.56. The molecule has 0 aliphatic heterocycles. The molecular weight excluding hydrogens is 293 g/mol. The predicted molar refractivity (Wildman–Crippen MR) is 87.3 cm³/mol. The summed E-state index contributed by atoms with van der Waals surface area (Å²) < 4.78 is 18.9. The molecule has 0 bridgehead atoms. The van der Waals surface area contributed by atoms with Crippen molar-refractivity contribution >= 4 is 0 Å².